The van der Waals surface area contributed by atoms with E-state index < -0.39 is 11.1 Å². The summed E-state index contributed by atoms with van der Waals surface area (Å²) in [6, 6.07) is 6.83. The third-order valence-electron chi connectivity index (χ3n) is 1.42. The molecule has 0 aliphatic rings. The third-order valence-corrected chi connectivity index (χ3v) is 1.75. The Morgan fingerprint density at radius 3 is 2.57 bits per heavy atom. The lowest BCUT2D eigenvalue weighted by atomic mass is 10.3. The second kappa shape index (κ2) is 5.46. The monoisotopic (exact) mass is 213 g/mol. The standard InChI is InChI=1S/C8H10N2O3S/c1-13-8-4-2-7(3-5-8)10-9-6-14(11)12/h2-5H,6H2,1H3,(H,11,12)/p-1. The highest BCUT2D eigenvalue weighted by molar-refractivity contribution is 7.79. The van der Waals surface area contributed by atoms with E-state index in [0.29, 0.717) is 5.69 Å². The quantitative estimate of drug-likeness (QED) is 0.563. The molecule has 0 N–H and O–H groups in total. The predicted octanol–water partition coefficient (Wildman–Crippen LogP) is 1.62. The molecule has 0 amide bonds. The van der Waals surface area contributed by atoms with E-state index in [4.69, 9.17) is 4.74 Å². The van der Waals surface area contributed by atoms with Gasteiger partial charge in [0.25, 0.3) is 0 Å². The van der Waals surface area contributed by atoms with Gasteiger partial charge in [-0.15, -0.1) is 0 Å². The van der Waals surface area contributed by atoms with Crippen LogP contribution in [-0.4, -0.2) is 21.7 Å². The van der Waals surface area contributed by atoms with E-state index in [9.17, 15) is 8.76 Å². The van der Waals surface area contributed by atoms with E-state index in [1.54, 1.807) is 31.4 Å². The van der Waals surface area contributed by atoms with Crippen molar-refractivity contribution in [2.45, 2.75) is 0 Å². The fourth-order valence-corrected chi connectivity index (χ4v) is 0.959. The minimum absolute atomic E-state index is 0.313. The molecule has 1 aromatic rings. The number of hydrogen-bond acceptors (Lipinski definition) is 5. The summed E-state index contributed by atoms with van der Waals surface area (Å²) in [7, 11) is 1.57. The maximum atomic E-state index is 10.1. The number of benzene rings is 1. The largest absolute Gasteiger partial charge is 0.771 e. The van der Waals surface area contributed by atoms with Crippen LogP contribution in [0.25, 0.3) is 0 Å². The fourth-order valence-electron chi connectivity index (χ4n) is 0.807. The molecule has 5 nitrogen and oxygen atoms in total. The van der Waals surface area contributed by atoms with Crippen LogP contribution in [0.15, 0.2) is 34.5 Å². The van der Waals surface area contributed by atoms with Crippen molar-refractivity contribution in [2.75, 3.05) is 13.0 Å². The Hall–Kier alpha value is -1.27. The van der Waals surface area contributed by atoms with Crippen LogP contribution in [-0.2, 0) is 11.1 Å². The Kier molecular flexibility index (Phi) is 4.21. The van der Waals surface area contributed by atoms with Gasteiger partial charge in [0.15, 0.2) is 0 Å². The number of nitrogens with zero attached hydrogens (tertiary/aromatic N) is 2. The Balaban J connectivity index is 2.59. The average molecular weight is 213 g/mol. The molecule has 0 aromatic heterocycles. The van der Waals surface area contributed by atoms with E-state index in [1.165, 1.54) is 0 Å². The first-order chi connectivity index (χ1) is 6.72. The molecule has 0 bridgehead atoms. The predicted molar refractivity (Wildman–Crippen MR) is 51.3 cm³/mol. The lowest BCUT2D eigenvalue weighted by Crippen LogP contribution is -1.88. The first-order valence-electron chi connectivity index (χ1n) is 3.80. The number of hydrogen-bond donors (Lipinski definition) is 0. The molecule has 6 heteroatoms. The van der Waals surface area contributed by atoms with E-state index >= 15 is 0 Å². The van der Waals surface area contributed by atoms with Crippen molar-refractivity contribution < 1.29 is 13.5 Å². The van der Waals surface area contributed by atoms with Gasteiger partial charge >= 0.3 is 0 Å². The highest BCUT2D eigenvalue weighted by Gasteiger charge is 1.90. The molecule has 0 saturated carbocycles. The van der Waals surface area contributed by atoms with Crippen molar-refractivity contribution in [3.63, 3.8) is 0 Å². The highest BCUT2D eigenvalue weighted by atomic mass is 32.2. The zero-order valence-corrected chi connectivity index (χ0v) is 8.36. The minimum atomic E-state index is -2.18. The summed E-state index contributed by atoms with van der Waals surface area (Å²) >= 11 is -2.18. The lowest BCUT2D eigenvalue weighted by Gasteiger charge is -1.99. The fraction of sp³-hybridized carbons (Fsp3) is 0.250. The molecule has 0 fully saturated rings. The summed E-state index contributed by atoms with van der Waals surface area (Å²) in [5, 5.41) is 7.17. The van der Waals surface area contributed by atoms with Gasteiger partial charge in [-0.25, -0.2) is 0 Å². The maximum Gasteiger partial charge on any atom is 0.122 e. The smallest absolute Gasteiger partial charge is 0.122 e. The van der Waals surface area contributed by atoms with Crippen LogP contribution in [0.3, 0.4) is 0 Å². The van der Waals surface area contributed by atoms with E-state index in [0.717, 1.165) is 5.75 Å². The summed E-state index contributed by atoms with van der Waals surface area (Å²) in [5.74, 6) is 0.405. The van der Waals surface area contributed by atoms with Gasteiger partial charge in [0, 0.05) is 0 Å². The van der Waals surface area contributed by atoms with Gasteiger partial charge in [-0.1, -0.05) is 0 Å². The van der Waals surface area contributed by atoms with Crippen LogP contribution in [0.2, 0.25) is 0 Å². The van der Waals surface area contributed by atoms with Crippen LogP contribution >= 0.6 is 0 Å². The first kappa shape index (κ1) is 10.8. The summed E-state index contributed by atoms with van der Waals surface area (Å²) < 4.78 is 25.2. The Morgan fingerprint density at radius 2 is 2.07 bits per heavy atom. The van der Waals surface area contributed by atoms with E-state index in [2.05, 4.69) is 10.2 Å². The highest BCUT2D eigenvalue weighted by Crippen LogP contribution is 2.17. The topological polar surface area (TPSA) is 74.1 Å². The number of ether oxygens (including phenoxy) is 1. The van der Waals surface area contributed by atoms with Crippen LogP contribution < -0.4 is 4.74 Å². The van der Waals surface area contributed by atoms with Gasteiger partial charge in [0.2, 0.25) is 0 Å². The van der Waals surface area contributed by atoms with Crippen LogP contribution in [0.1, 0.15) is 0 Å². The van der Waals surface area contributed by atoms with E-state index in [1.807, 2.05) is 0 Å². The Labute approximate surface area is 84.1 Å². The van der Waals surface area contributed by atoms with Gasteiger partial charge < -0.3 is 9.29 Å². The van der Waals surface area contributed by atoms with Gasteiger partial charge in [0.05, 0.1) is 12.8 Å². The van der Waals surface area contributed by atoms with Crippen LogP contribution in [0.4, 0.5) is 5.69 Å². The van der Waals surface area contributed by atoms with Crippen molar-refractivity contribution in [3.05, 3.63) is 24.3 Å². The second-order valence-electron chi connectivity index (χ2n) is 2.37. The molecule has 0 spiro atoms. The molecule has 0 saturated heterocycles. The summed E-state index contributed by atoms with van der Waals surface area (Å²) in [5.41, 5.74) is 0.594. The van der Waals surface area contributed by atoms with Crippen LogP contribution in [0.5, 0.6) is 5.75 Å². The van der Waals surface area contributed by atoms with Gasteiger partial charge in [-0.05, 0) is 35.3 Å². The molecule has 1 aromatic carbocycles. The molecule has 1 atom stereocenters. The average Bonchev–Trinajstić information content (AvgIpc) is 2.18. The molecule has 1 rings (SSSR count). The van der Waals surface area contributed by atoms with Gasteiger partial charge in [-0.2, -0.15) is 10.2 Å². The normalized spacial score (nSPS) is 13.0. The minimum Gasteiger partial charge on any atom is -0.771 e. The third kappa shape index (κ3) is 3.63. The first-order valence-corrected chi connectivity index (χ1v) is 5.04. The molecule has 0 radical (unpaired) electrons. The van der Waals surface area contributed by atoms with Gasteiger partial charge in [0.1, 0.15) is 11.6 Å². The molecular weight excluding hydrogens is 204 g/mol. The van der Waals surface area contributed by atoms with Crippen molar-refractivity contribution in [1.82, 2.24) is 0 Å². The number of methoxy groups -OCH3 is 1. The molecule has 0 aliphatic heterocycles. The van der Waals surface area contributed by atoms with Crippen molar-refractivity contribution in [1.29, 1.82) is 0 Å². The second-order valence-corrected chi connectivity index (χ2v) is 3.24. The van der Waals surface area contributed by atoms with E-state index in [-0.39, 0.29) is 5.88 Å². The lowest BCUT2D eigenvalue weighted by molar-refractivity contribution is 0.415. The summed E-state index contributed by atoms with van der Waals surface area (Å²) in [6.45, 7) is 0. The zero-order chi connectivity index (χ0) is 10.4. The maximum absolute atomic E-state index is 10.1. The zero-order valence-electron chi connectivity index (χ0n) is 7.54. The molecule has 0 aliphatic carbocycles. The molecule has 0 heterocycles. The van der Waals surface area contributed by atoms with Crippen LogP contribution in [0, 0.1) is 0 Å². The number of azo groups is 1. The summed E-state index contributed by atoms with van der Waals surface area (Å²) in [4.78, 5) is 0. The summed E-state index contributed by atoms with van der Waals surface area (Å²) in [6.07, 6.45) is 0. The SMILES string of the molecule is COc1ccc(N=NCS(=O)[O-])cc1. The molecule has 14 heavy (non-hydrogen) atoms. The molecule has 1 unspecified atom stereocenters. The van der Waals surface area contributed by atoms with Crippen molar-refractivity contribution in [2.24, 2.45) is 10.2 Å². The Morgan fingerprint density at radius 1 is 1.43 bits per heavy atom. The van der Waals surface area contributed by atoms with Gasteiger partial charge in [-0.3, -0.25) is 4.21 Å². The molecular formula is C8H9N2O3S-. The Bertz CT molecular complexity index is 337. The number of rotatable bonds is 4. The van der Waals surface area contributed by atoms with Crippen molar-refractivity contribution in [3.8, 4) is 5.75 Å². The van der Waals surface area contributed by atoms with Crippen molar-refractivity contribution >= 4 is 16.8 Å². The molecule has 76 valence electrons.